The summed E-state index contributed by atoms with van der Waals surface area (Å²) in [7, 11) is 0. The van der Waals surface area contributed by atoms with Crippen LogP contribution in [0, 0.1) is 0 Å². The summed E-state index contributed by atoms with van der Waals surface area (Å²) in [5.41, 5.74) is -1.22. The average molecular weight is 213 g/mol. The molecule has 0 unspecified atom stereocenters. The Morgan fingerprint density at radius 3 is 2.33 bits per heavy atom. The van der Waals surface area contributed by atoms with Crippen molar-refractivity contribution in [3.8, 4) is 0 Å². The molecule has 0 aromatic rings. The molecule has 0 atom stereocenters. The molecule has 1 saturated carbocycles. The summed E-state index contributed by atoms with van der Waals surface area (Å²) in [5, 5.41) is 11.6. The molecule has 0 heterocycles. The first kappa shape index (κ1) is 11.7. The van der Waals surface area contributed by atoms with Crippen LogP contribution in [-0.2, 0) is 14.4 Å². The second-order valence-corrected chi connectivity index (χ2v) is 3.83. The van der Waals surface area contributed by atoms with Crippen LogP contribution >= 0.6 is 0 Å². The zero-order valence-corrected chi connectivity index (χ0v) is 8.71. The van der Waals surface area contributed by atoms with Gasteiger partial charge < -0.3 is 10.4 Å². The summed E-state index contributed by atoms with van der Waals surface area (Å²) in [6.07, 6.45) is 1.12. The second-order valence-electron chi connectivity index (χ2n) is 3.83. The Bertz CT molecular complexity index is 288. The van der Waals surface area contributed by atoms with E-state index in [1.165, 1.54) is 0 Å². The number of Topliss-reactive ketones (excluding diaryl/α,β-unsaturated/α-hetero) is 1. The minimum absolute atomic E-state index is 0.0672. The Labute approximate surface area is 87.8 Å². The number of carboxylic acid groups (broad SMARTS) is 1. The predicted molar refractivity (Wildman–Crippen MR) is 52.3 cm³/mol. The molecule has 1 aliphatic carbocycles. The van der Waals surface area contributed by atoms with Crippen LogP contribution < -0.4 is 5.32 Å². The van der Waals surface area contributed by atoms with Crippen molar-refractivity contribution >= 4 is 17.7 Å². The molecule has 0 bridgehead atoms. The van der Waals surface area contributed by atoms with Gasteiger partial charge in [-0.25, -0.2) is 4.79 Å². The summed E-state index contributed by atoms with van der Waals surface area (Å²) in [4.78, 5) is 33.3. The molecule has 5 nitrogen and oxygen atoms in total. The van der Waals surface area contributed by atoms with E-state index >= 15 is 0 Å². The van der Waals surface area contributed by atoms with Crippen LogP contribution in [0.1, 0.15) is 39.0 Å². The number of hydrogen-bond acceptors (Lipinski definition) is 3. The zero-order chi connectivity index (χ0) is 11.5. The van der Waals surface area contributed by atoms with E-state index < -0.39 is 11.5 Å². The van der Waals surface area contributed by atoms with Crippen LogP contribution in [-0.4, -0.2) is 28.3 Å². The van der Waals surface area contributed by atoms with Crippen LogP contribution in [0.2, 0.25) is 0 Å². The van der Waals surface area contributed by atoms with Crippen LogP contribution in [0.15, 0.2) is 0 Å². The van der Waals surface area contributed by atoms with E-state index in [1.54, 1.807) is 6.92 Å². The lowest BCUT2D eigenvalue weighted by atomic mass is 9.81. The maximum Gasteiger partial charge on any atom is 0.329 e. The quantitative estimate of drug-likeness (QED) is 0.714. The normalized spacial score (nSPS) is 19.7. The molecule has 0 saturated heterocycles. The molecule has 5 heteroatoms. The minimum Gasteiger partial charge on any atom is -0.480 e. The maximum absolute atomic E-state index is 11.2. The number of ketones is 1. The van der Waals surface area contributed by atoms with Gasteiger partial charge in [0.1, 0.15) is 11.3 Å². The SMILES string of the molecule is CCC(=O)NC1(C(=O)O)CCC(=O)CC1. The fraction of sp³-hybridized carbons (Fsp3) is 0.700. The van der Waals surface area contributed by atoms with Crippen LogP contribution in [0.5, 0.6) is 0 Å². The summed E-state index contributed by atoms with van der Waals surface area (Å²) >= 11 is 0. The Morgan fingerprint density at radius 2 is 1.93 bits per heavy atom. The van der Waals surface area contributed by atoms with Crippen LogP contribution in [0.4, 0.5) is 0 Å². The zero-order valence-electron chi connectivity index (χ0n) is 8.71. The largest absolute Gasteiger partial charge is 0.480 e. The van der Waals surface area contributed by atoms with Crippen molar-refractivity contribution < 1.29 is 19.5 Å². The van der Waals surface area contributed by atoms with Crippen molar-refractivity contribution in [2.45, 2.75) is 44.6 Å². The number of hydrogen-bond donors (Lipinski definition) is 2. The van der Waals surface area contributed by atoms with Gasteiger partial charge in [0.15, 0.2) is 0 Å². The molecule has 1 rings (SSSR count). The molecule has 1 fully saturated rings. The minimum atomic E-state index is -1.22. The van der Waals surface area contributed by atoms with Crippen molar-refractivity contribution in [2.75, 3.05) is 0 Å². The number of aliphatic carboxylic acids is 1. The lowest BCUT2D eigenvalue weighted by Crippen LogP contribution is -2.56. The topological polar surface area (TPSA) is 83.5 Å². The number of amides is 1. The standard InChI is InChI=1S/C10H15NO4/c1-2-8(13)11-10(9(14)15)5-3-7(12)4-6-10/h2-6H2,1H3,(H,11,13)(H,14,15). The highest BCUT2D eigenvalue weighted by Gasteiger charge is 2.42. The van der Waals surface area contributed by atoms with E-state index in [9.17, 15) is 14.4 Å². The molecule has 0 aromatic heterocycles. The molecule has 0 spiro atoms. The predicted octanol–water partition coefficient (Wildman–Crippen LogP) is 0.479. The lowest BCUT2D eigenvalue weighted by molar-refractivity contribution is -0.150. The second kappa shape index (κ2) is 4.42. The van der Waals surface area contributed by atoms with E-state index in [2.05, 4.69) is 5.32 Å². The highest BCUT2D eigenvalue weighted by atomic mass is 16.4. The van der Waals surface area contributed by atoms with E-state index in [-0.39, 0.29) is 43.8 Å². The fourth-order valence-electron chi connectivity index (χ4n) is 1.70. The number of rotatable bonds is 3. The number of carbonyl (C=O) groups excluding carboxylic acids is 2. The smallest absolute Gasteiger partial charge is 0.329 e. The Hall–Kier alpha value is -1.39. The highest BCUT2D eigenvalue weighted by molar-refractivity contribution is 5.90. The summed E-state index contributed by atoms with van der Waals surface area (Å²) in [6.45, 7) is 1.67. The van der Waals surface area contributed by atoms with Gasteiger partial charge in [-0.15, -0.1) is 0 Å². The van der Waals surface area contributed by atoms with Gasteiger partial charge in [-0.3, -0.25) is 9.59 Å². The van der Waals surface area contributed by atoms with Gasteiger partial charge in [0.05, 0.1) is 0 Å². The van der Waals surface area contributed by atoms with Gasteiger partial charge in [-0.2, -0.15) is 0 Å². The molecule has 0 radical (unpaired) electrons. The lowest BCUT2D eigenvalue weighted by Gasteiger charge is -2.33. The van der Waals surface area contributed by atoms with E-state index in [1.807, 2.05) is 0 Å². The number of nitrogens with one attached hydrogen (secondary N) is 1. The molecule has 84 valence electrons. The summed E-state index contributed by atoms with van der Waals surface area (Å²) in [5.74, 6) is -1.26. The third-order valence-electron chi connectivity index (χ3n) is 2.77. The van der Waals surface area contributed by atoms with Gasteiger partial charge in [-0.05, 0) is 12.8 Å². The molecule has 2 N–H and O–H groups in total. The van der Waals surface area contributed by atoms with Crippen molar-refractivity contribution in [3.63, 3.8) is 0 Å². The molecule has 1 amide bonds. The van der Waals surface area contributed by atoms with Crippen LogP contribution in [0.3, 0.4) is 0 Å². The van der Waals surface area contributed by atoms with Gasteiger partial charge in [0, 0.05) is 19.3 Å². The van der Waals surface area contributed by atoms with Gasteiger partial charge in [-0.1, -0.05) is 6.92 Å². The number of carboxylic acids is 1. The van der Waals surface area contributed by atoms with Gasteiger partial charge in [0.2, 0.25) is 5.91 Å². The van der Waals surface area contributed by atoms with E-state index in [0.29, 0.717) is 0 Å². The summed E-state index contributed by atoms with van der Waals surface area (Å²) < 4.78 is 0. The van der Waals surface area contributed by atoms with Crippen molar-refractivity contribution in [1.82, 2.24) is 5.32 Å². The van der Waals surface area contributed by atoms with Crippen molar-refractivity contribution in [3.05, 3.63) is 0 Å². The maximum atomic E-state index is 11.2. The van der Waals surface area contributed by atoms with Crippen LogP contribution in [0.25, 0.3) is 0 Å². The van der Waals surface area contributed by atoms with Gasteiger partial charge in [0.25, 0.3) is 0 Å². The van der Waals surface area contributed by atoms with E-state index in [0.717, 1.165) is 0 Å². The highest BCUT2D eigenvalue weighted by Crippen LogP contribution is 2.26. The Morgan fingerprint density at radius 1 is 1.40 bits per heavy atom. The van der Waals surface area contributed by atoms with Gasteiger partial charge >= 0.3 is 5.97 Å². The molecule has 1 aliphatic rings. The fourth-order valence-corrected chi connectivity index (χ4v) is 1.70. The third-order valence-corrected chi connectivity index (χ3v) is 2.77. The van der Waals surface area contributed by atoms with Crippen molar-refractivity contribution in [1.29, 1.82) is 0 Å². The number of carbonyl (C=O) groups is 3. The Kier molecular flexibility index (Phi) is 3.44. The molecular weight excluding hydrogens is 198 g/mol. The molecule has 15 heavy (non-hydrogen) atoms. The molecule has 0 aromatic carbocycles. The summed E-state index contributed by atoms with van der Waals surface area (Å²) in [6, 6.07) is 0. The monoisotopic (exact) mass is 213 g/mol. The van der Waals surface area contributed by atoms with E-state index in [4.69, 9.17) is 5.11 Å². The third kappa shape index (κ3) is 2.55. The Balaban J connectivity index is 2.75. The first-order valence-corrected chi connectivity index (χ1v) is 5.06. The molecular formula is C10H15NO4. The first-order valence-electron chi connectivity index (χ1n) is 5.06. The molecule has 0 aliphatic heterocycles. The first-order chi connectivity index (χ1) is 7.00. The van der Waals surface area contributed by atoms with Crippen molar-refractivity contribution in [2.24, 2.45) is 0 Å². The average Bonchev–Trinajstić information content (AvgIpc) is 2.21.